The summed E-state index contributed by atoms with van der Waals surface area (Å²) >= 11 is 1.78. The summed E-state index contributed by atoms with van der Waals surface area (Å²) in [5, 5.41) is 4.42. The summed E-state index contributed by atoms with van der Waals surface area (Å²) in [5.41, 5.74) is 3.69. The number of ether oxygens (including phenoxy) is 1. The fraction of sp³-hybridized carbons (Fsp3) is 0.526. The fourth-order valence-electron chi connectivity index (χ4n) is 3.88. The van der Waals surface area contributed by atoms with Gasteiger partial charge in [0.25, 0.3) is 0 Å². The smallest absolute Gasteiger partial charge is 0.0755 e. The second-order valence-corrected chi connectivity index (χ2v) is 7.78. The van der Waals surface area contributed by atoms with Crippen molar-refractivity contribution in [2.24, 2.45) is 5.92 Å². The van der Waals surface area contributed by atoms with E-state index in [1.165, 1.54) is 11.3 Å². The van der Waals surface area contributed by atoms with Crippen LogP contribution in [0, 0.1) is 12.8 Å². The molecule has 2 saturated heterocycles. The Morgan fingerprint density at radius 2 is 2.08 bits per heavy atom. The van der Waals surface area contributed by atoms with Crippen LogP contribution in [0.4, 0.5) is 0 Å². The zero-order valence-electron chi connectivity index (χ0n) is 14.2. The number of nitrogens with zero attached hydrogens (tertiary/aromatic N) is 3. The van der Waals surface area contributed by atoms with Gasteiger partial charge in [0, 0.05) is 50.9 Å². The van der Waals surface area contributed by atoms with Crippen molar-refractivity contribution < 1.29 is 4.74 Å². The van der Waals surface area contributed by atoms with E-state index >= 15 is 0 Å². The molecular formula is C19H25N3OS. The zero-order chi connectivity index (χ0) is 16.4. The van der Waals surface area contributed by atoms with Gasteiger partial charge in [0.05, 0.1) is 18.4 Å². The average molecular weight is 343 g/mol. The van der Waals surface area contributed by atoms with Crippen LogP contribution >= 0.6 is 11.3 Å². The van der Waals surface area contributed by atoms with E-state index in [4.69, 9.17) is 4.74 Å². The molecule has 4 nitrogen and oxygen atoms in total. The maximum Gasteiger partial charge on any atom is 0.0755 e. The van der Waals surface area contributed by atoms with Crippen molar-refractivity contribution in [3.8, 4) is 0 Å². The molecule has 4 heterocycles. The second kappa shape index (κ2) is 7.31. The Morgan fingerprint density at radius 3 is 2.92 bits per heavy atom. The van der Waals surface area contributed by atoms with Crippen molar-refractivity contribution in [2.75, 3.05) is 32.8 Å². The highest BCUT2D eigenvalue weighted by molar-refractivity contribution is 7.07. The minimum atomic E-state index is 0.377. The first-order chi connectivity index (χ1) is 11.8. The normalized spacial score (nSPS) is 25.5. The third-order valence-corrected chi connectivity index (χ3v) is 5.74. The average Bonchev–Trinajstić information content (AvgIpc) is 3.14. The van der Waals surface area contributed by atoms with Gasteiger partial charge in [-0.2, -0.15) is 11.3 Å². The number of aryl methyl sites for hydroxylation is 1. The van der Waals surface area contributed by atoms with Crippen molar-refractivity contribution in [3.05, 3.63) is 52.0 Å². The molecule has 2 fully saturated rings. The van der Waals surface area contributed by atoms with Crippen molar-refractivity contribution in [2.45, 2.75) is 26.1 Å². The molecule has 128 valence electrons. The van der Waals surface area contributed by atoms with E-state index in [2.05, 4.69) is 56.7 Å². The first-order valence-electron chi connectivity index (χ1n) is 8.76. The van der Waals surface area contributed by atoms with Gasteiger partial charge in [0.15, 0.2) is 0 Å². The lowest BCUT2D eigenvalue weighted by Crippen LogP contribution is -2.32. The Balaban J connectivity index is 1.37. The summed E-state index contributed by atoms with van der Waals surface area (Å²) in [6, 6.07) is 8.52. The van der Waals surface area contributed by atoms with Crippen molar-refractivity contribution >= 4 is 11.3 Å². The quantitative estimate of drug-likeness (QED) is 0.853. The molecule has 2 aromatic rings. The molecule has 0 aromatic carbocycles. The van der Waals surface area contributed by atoms with Crippen LogP contribution in [0.2, 0.25) is 0 Å². The number of pyridine rings is 1. The standard InChI is InChI=1S/C19H25N3OS/c1-15-3-2-4-18(20-15)12-22-11-17-10-21(6-7-23-19(17)13-22)9-16-5-8-24-14-16/h2-5,8,14,17,19H,6-7,9-13H2,1H3/t17-,19+/m0/s1. The van der Waals surface area contributed by atoms with Crippen LogP contribution in [0.15, 0.2) is 35.0 Å². The molecule has 0 amide bonds. The lowest BCUT2D eigenvalue weighted by Gasteiger charge is -2.23. The predicted octanol–water partition coefficient (Wildman–Crippen LogP) is 2.78. The summed E-state index contributed by atoms with van der Waals surface area (Å²) in [5.74, 6) is 0.607. The van der Waals surface area contributed by atoms with E-state index in [9.17, 15) is 0 Å². The van der Waals surface area contributed by atoms with E-state index in [1.54, 1.807) is 11.3 Å². The molecule has 5 heteroatoms. The molecule has 0 unspecified atom stereocenters. The van der Waals surface area contributed by atoms with Crippen LogP contribution in [-0.2, 0) is 17.8 Å². The number of rotatable bonds is 4. The van der Waals surface area contributed by atoms with Gasteiger partial charge in [-0.25, -0.2) is 0 Å². The zero-order valence-corrected chi connectivity index (χ0v) is 15.0. The van der Waals surface area contributed by atoms with Gasteiger partial charge in [-0.15, -0.1) is 0 Å². The molecule has 0 spiro atoms. The minimum absolute atomic E-state index is 0.377. The summed E-state index contributed by atoms with van der Waals surface area (Å²) in [4.78, 5) is 9.71. The molecule has 0 N–H and O–H groups in total. The Hall–Kier alpha value is -1.27. The minimum Gasteiger partial charge on any atom is -0.375 e. The highest BCUT2D eigenvalue weighted by Crippen LogP contribution is 2.25. The van der Waals surface area contributed by atoms with E-state index in [-0.39, 0.29) is 0 Å². The second-order valence-electron chi connectivity index (χ2n) is 7.00. The van der Waals surface area contributed by atoms with Crippen LogP contribution in [0.3, 0.4) is 0 Å². The van der Waals surface area contributed by atoms with Crippen molar-refractivity contribution in [3.63, 3.8) is 0 Å². The molecular weight excluding hydrogens is 318 g/mol. The molecule has 2 aromatic heterocycles. The summed E-state index contributed by atoms with van der Waals surface area (Å²) in [7, 11) is 0. The van der Waals surface area contributed by atoms with E-state index in [0.717, 1.165) is 51.6 Å². The van der Waals surface area contributed by atoms with Gasteiger partial charge >= 0.3 is 0 Å². The lowest BCUT2D eigenvalue weighted by atomic mass is 10.1. The number of aromatic nitrogens is 1. The van der Waals surface area contributed by atoms with Gasteiger partial charge in [-0.3, -0.25) is 14.8 Å². The maximum absolute atomic E-state index is 6.17. The van der Waals surface area contributed by atoms with Gasteiger partial charge in [0.2, 0.25) is 0 Å². The van der Waals surface area contributed by atoms with Crippen LogP contribution in [-0.4, -0.2) is 53.7 Å². The van der Waals surface area contributed by atoms with Crippen LogP contribution in [0.1, 0.15) is 17.0 Å². The Morgan fingerprint density at radius 1 is 1.17 bits per heavy atom. The van der Waals surface area contributed by atoms with Gasteiger partial charge in [-0.05, 0) is 41.4 Å². The first-order valence-corrected chi connectivity index (χ1v) is 9.70. The fourth-order valence-corrected chi connectivity index (χ4v) is 4.54. The molecule has 2 atom stereocenters. The highest BCUT2D eigenvalue weighted by atomic mass is 32.1. The molecule has 0 aliphatic carbocycles. The van der Waals surface area contributed by atoms with Crippen LogP contribution < -0.4 is 0 Å². The summed E-state index contributed by atoms with van der Waals surface area (Å²) in [6.07, 6.45) is 0.377. The number of fused-ring (bicyclic) bond motifs is 1. The van der Waals surface area contributed by atoms with Gasteiger partial charge in [0.1, 0.15) is 0 Å². The Bertz CT molecular complexity index is 660. The summed E-state index contributed by atoms with van der Waals surface area (Å²) in [6.45, 7) is 9.22. The van der Waals surface area contributed by atoms with Crippen molar-refractivity contribution in [1.29, 1.82) is 0 Å². The van der Waals surface area contributed by atoms with E-state index in [1.807, 2.05) is 0 Å². The van der Waals surface area contributed by atoms with E-state index < -0.39 is 0 Å². The van der Waals surface area contributed by atoms with Crippen molar-refractivity contribution in [1.82, 2.24) is 14.8 Å². The lowest BCUT2D eigenvalue weighted by molar-refractivity contribution is 0.0509. The number of hydrogen-bond acceptors (Lipinski definition) is 5. The SMILES string of the molecule is Cc1cccc(CN2C[C@@H]3CN(Cc4ccsc4)CCO[C@@H]3C2)n1. The third kappa shape index (κ3) is 3.86. The third-order valence-electron chi connectivity index (χ3n) is 5.01. The van der Waals surface area contributed by atoms with Gasteiger partial charge < -0.3 is 4.74 Å². The summed E-state index contributed by atoms with van der Waals surface area (Å²) < 4.78 is 6.17. The van der Waals surface area contributed by atoms with Crippen LogP contribution in [0.5, 0.6) is 0 Å². The molecule has 2 aliphatic heterocycles. The topological polar surface area (TPSA) is 28.6 Å². The van der Waals surface area contributed by atoms with E-state index in [0.29, 0.717) is 12.0 Å². The van der Waals surface area contributed by atoms with Crippen LogP contribution in [0.25, 0.3) is 0 Å². The number of thiophene rings is 1. The first kappa shape index (κ1) is 16.2. The molecule has 0 bridgehead atoms. The number of hydrogen-bond donors (Lipinski definition) is 0. The molecule has 0 radical (unpaired) electrons. The molecule has 24 heavy (non-hydrogen) atoms. The largest absolute Gasteiger partial charge is 0.375 e. The number of likely N-dealkylation sites (tertiary alicyclic amines) is 1. The maximum atomic E-state index is 6.17. The molecule has 4 rings (SSSR count). The Labute approximate surface area is 148 Å². The Kier molecular flexibility index (Phi) is 4.94. The predicted molar refractivity (Wildman–Crippen MR) is 97.1 cm³/mol. The monoisotopic (exact) mass is 343 g/mol. The molecule has 0 saturated carbocycles. The highest BCUT2D eigenvalue weighted by Gasteiger charge is 2.36. The van der Waals surface area contributed by atoms with Gasteiger partial charge in [-0.1, -0.05) is 6.07 Å². The molecule has 2 aliphatic rings.